The van der Waals surface area contributed by atoms with Crippen LogP contribution in [0.4, 0.5) is 0 Å². The Labute approximate surface area is 273 Å². The van der Waals surface area contributed by atoms with Gasteiger partial charge in [0.1, 0.15) is 5.60 Å². The number of hydrogen-bond donors (Lipinski definition) is 3. The predicted octanol–water partition coefficient (Wildman–Crippen LogP) is 7.47. The third kappa shape index (κ3) is 5.40. The molecule has 260 valence electrons. The van der Waals surface area contributed by atoms with E-state index in [9.17, 15) is 15.5 Å². The Morgan fingerprint density at radius 3 is 2.20 bits per heavy atom. The minimum absolute atomic E-state index is 0.0191. The summed E-state index contributed by atoms with van der Waals surface area (Å²) in [4.78, 5) is 4.81. The molecule has 7 nitrogen and oxygen atoms in total. The van der Waals surface area contributed by atoms with Crippen molar-refractivity contribution in [2.75, 3.05) is 13.2 Å². The number of aliphatic hydroxyl groups is 2. The smallest absolute Gasteiger partial charge is 0.198 e. The summed E-state index contributed by atoms with van der Waals surface area (Å²) in [6.45, 7) is 21.0. The molecule has 3 heterocycles. The predicted molar refractivity (Wildman–Crippen MR) is 174 cm³/mol. The molecular formula is C38H66O7. The van der Waals surface area contributed by atoms with Gasteiger partial charge in [0.05, 0.1) is 30.5 Å². The standard InChI is InChI=1S/C38H66O7/c1-22-10-12-29(35(7)21-42-36(8,45-41)17-15-27(22)35)24(3)31(40)18-26(20-39)19-32-25(4)30-13-11-23(2)28-14-16-34(5,6)44-33-37(9,43-32)38(28,30)33/h22-33,39-41H,10-21H2,1-9H3. The number of rotatable bonds is 8. The van der Waals surface area contributed by atoms with Gasteiger partial charge in [0.15, 0.2) is 5.79 Å². The van der Waals surface area contributed by atoms with Gasteiger partial charge in [0, 0.05) is 18.4 Å². The minimum atomic E-state index is -0.976. The molecule has 0 aromatic rings. The Kier molecular flexibility index (Phi) is 9.18. The minimum Gasteiger partial charge on any atom is -0.396 e. The lowest BCUT2D eigenvalue weighted by atomic mass is 9.53. The fourth-order valence-corrected chi connectivity index (χ4v) is 12.6. The first-order chi connectivity index (χ1) is 21.1. The maximum absolute atomic E-state index is 11.8. The summed E-state index contributed by atoms with van der Waals surface area (Å²) < 4.78 is 20.4. The molecule has 6 aliphatic rings. The molecule has 1 spiro atoms. The van der Waals surface area contributed by atoms with Crippen LogP contribution in [-0.2, 0) is 19.1 Å². The maximum atomic E-state index is 11.8. The van der Waals surface area contributed by atoms with Gasteiger partial charge in [-0.15, -0.1) is 0 Å². The normalized spacial score (nSPS) is 52.7. The van der Waals surface area contributed by atoms with Gasteiger partial charge in [-0.05, 0) is 131 Å². The van der Waals surface area contributed by atoms with Crippen LogP contribution in [0.25, 0.3) is 0 Å². The Hall–Kier alpha value is -0.280. The summed E-state index contributed by atoms with van der Waals surface area (Å²) in [5.41, 5.74) is -0.405. The van der Waals surface area contributed by atoms with Crippen molar-refractivity contribution in [2.24, 2.45) is 64.1 Å². The molecule has 3 N–H and O–H groups in total. The first-order valence-corrected chi connectivity index (χ1v) is 18.7. The van der Waals surface area contributed by atoms with Crippen molar-refractivity contribution in [3.63, 3.8) is 0 Å². The molecule has 45 heavy (non-hydrogen) atoms. The number of ether oxygens (including phenoxy) is 3. The second-order valence-electron chi connectivity index (χ2n) is 18.4. The molecule has 0 amide bonds. The molecule has 16 atom stereocenters. The summed E-state index contributed by atoms with van der Waals surface area (Å²) >= 11 is 0. The second-order valence-corrected chi connectivity index (χ2v) is 18.4. The van der Waals surface area contributed by atoms with Crippen LogP contribution in [0.2, 0.25) is 0 Å². The van der Waals surface area contributed by atoms with E-state index in [-0.39, 0.29) is 58.6 Å². The van der Waals surface area contributed by atoms with E-state index in [0.29, 0.717) is 55.0 Å². The highest BCUT2D eigenvalue weighted by Gasteiger charge is 2.86. The van der Waals surface area contributed by atoms with Crippen LogP contribution >= 0.6 is 0 Å². The summed E-state index contributed by atoms with van der Waals surface area (Å²) in [5.74, 6) is 2.69. The van der Waals surface area contributed by atoms with Crippen LogP contribution in [-0.4, -0.2) is 64.0 Å². The molecule has 0 bridgehead atoms. The molecule has 7 heteroatoms. The van der Waals surface area contributed by atoms with Gasteiger partial charge < -0.3 is 24.4 Å². The number of hydrogen-bond acceptors (Lipinski definition) is 7. The fourth-order valence-electron chi connectivity index (χ4n) is 12.6. The zero-order chi connectivity index (χ0) is 32.7. The highest BCUT2D eigenvalue weighted by Crippen LogP contribution is 2.79. The third-order valence-electron chi connectivity index (χ3n) is 15.4. The molecule has 3 aliphatic heterocycles. The van der Waals surface area contributed by atoms with Crippen LogP contribution in [0, 0.1) is 64.1 Å². The van der Waals surface area contributed by atoms with E-state index >= 15 is 0 Å². The van der Waals surface area contributed by atoms with Gasteiger partial charge in [-0.1, -0.05) is 47.5 Å². The average Bonchev–Trinajstić information content (AvgIpc) is 3.57. The van der Waals surface area contributed by atoms with Crippen LogP contribution in [0.15, 0.2) is 0 Å². The van der Waals surface area contributed by atoms with Gasteiger partial charge in [-0.2, -0.15) is 0 Å². The zero-order valence-corrected chi connectivity index (χ0v) is 29.9. The molecule has 0 aromatic carbocycles. The molecule has 3 saturated carbocycles. The maximum Gasteiger partial charge on any atom is 0.198 e. The summed E-state index contributed by atoms with van der Waals surface area (Å²) in [6, 6.07) is 0. The fraction of sp³-hybridized carbons (Fsp3) is 1.00. The summed E-state index contributed by atoms with van der Waals surface area (Å²) in [7, 11) is 0. The molecule has 16 unspecified atom stereocenters. The van der Waals surface area contributed by atoms with Crippen molar-refractivity contribution >= 4 is 0 Å². The largest absolute Gasteiger partial charge is 0.396 e. The van der Waals surface area contributed by atoms with E-state index in [2.05, 4.69) is 55.4 Å². The Morgan fingerprint density at radius 2 is 1.51 bits per heavy atom. The Bertz CT molecular complexity index is 1070. The molecular weight excluding hydrogens is 568 g/mol. The van der Waals surface area contributed by atoms with Crippen molar-refractivity contribution in [1.29, 1.82) is 0 Å². The third-order valence-corrected chi connectivity index (χ3v) is 15.4. The van der Waals surface area contributed by atoms with Crippen molar-refractivity contribution in [2.45, 2.75) is 162 Å². The van der Waals surface area contributed by atoms with E-state index in [0.717, 1.165) is 32.1 Å². The van der Waals surface area contributed by atoms with E-state index in [1.807, 2.05) is 6.92 Å². The first kappa shape index (κ1) is 34.6. The van der Waals surface area contributed by atoms with Crippen LogP contribution < -0.4 is 0 Å². The van der Waals surface area contributed by atoms with Crippen molar-refractivity contribution in [1.82, 2.24) is 0 Å². The Morgan fingerprint density at radius 1 is 0.844 bits per heavy atom. The molecule has 0 aromatic heterocycles. The zero-order valence-electron chi connectivity index (χ0n) is 29.9. The van der Waals surface area contributed by atoms with Gasteiger partial charge in [-0.25, -0.2) is 10.1 Å². The first-order valence-electron chi connectivity index (χ1n) is 18.7. The quantitative estimate of drug-likeness (QED) is 0.188. The van der Waals surface area contributed by atoms with E-state index in [1.165, 1.54) is 19.3 Å². The van der Waals surface area contributed by atoms with Crippen LogP contribution in [0.5, 0.6) is 0 Å². The lowest BCUT2D eigenvalue weighted by Gasteiger charge is -2.53. The highest BCUT2D eigenvalue weighted by atomic mass is 17.1. The van der Waals surface area contributed by atoms with Gasteiger partial charge >= 0.3 is 0 Å². The van der Waals surface area contributed by atoms with Gasteiger partial charge in [0.2, 0.25) is 0 Å². The Balaban J connectivity index is 1.16. The number of aliphatic hydroxyl groups excluding tert-OH is 2. The average molecular weight is 635 g/mol. The summed E-state index contributed by atoms with van der Waals surface area (Å²) in [6.07, 6.45) is 9.68. The van der Waals surface area contributed by atoms with Gasteiger partial charge in [0.25, 0.3) is 0 Å². The SMILES string of the molecule is CC1CCC(C(C)C(O)CC(CO)CC2OC3(C)C4OC(C)(C)CCC5C(C)CCC(C2C)C543)C2(C)COC(C)(OO)CCC12. The van der Waals surface area contributed by atoms with Crippen molar-refractivity contribution in [3.8, 4) is 0 Å². The molecule has 0 radical (unpaired) electrons. The van der Waals surface area contributed by atoms with Crippen molar-refractivity contribution in [3.05, 3.63) is 0 Å². The number of fused-ring (bicyclic) bond motifs is 2. The monoisotopic (exact) mass is 634 g/mol. The second kappa shape index (κ2) is 11.9. The highest BCUT2D eigenvalue weighted by molar-refractivity contribution is 5.34. The molecule has 3 aliphatic carbocycles. The summed E-state index contributed by atoms with van der Waals surface area (Å²) in [5, 5.41) is 32.1. The lowest BCUT2D eigenvalue weighted by molar-refractivity contribution is -0.400. The van der Waals surface area contributed by atoms with Crippen LogP contribution in [0.1, 0.15) is 127 Å². The van der Waals surface area contributed by atoms with E-state index in [4.69, 9.17) is 19.1 Å². The van der Waals surface area contributed by atoms with E-state index < -0.39 is 11.9 Å². The van der Waals surface area contributed by atoms with Crippen LogP contribution in [0.3, 0.4) is 0 Å². The van der Waals surface area contributed by atoms with Crippen molar-refractivity contribution < 1.29 is 34.6 Å². The molecule has 6 fully saturated rings. The molecule has 6 rings (SSSR count). The lowest BCUT2D eigenvalue weighted by Crippen LogP contribution is -2.52. The van der Waals surface area contributed by atoms with E-state index in [1.54, 1.807) is 0 Å². The topological polar surface area (TPSA) is 97.6 Å². The molecule has 3 saturated heterocycles. The van der Waals surface area contributed by atoms with Gasteiger partial charge in [-0.3, -0.25) is 0 Å².